The molecule has 0 atom stereocenters. The molecule has 0 aliphatic heterocycles. The Morgan fingerprint density at radius 3 is 2.42 bits per heavy atom. The second kappa shape index (κ2) is 8.93. The van der Waals surface area contributed by atoms with Crippen molar-refractivity contribution in [3.8, 4) is 16.8 Å². The average molecular weight is 435 g/mol. The van der Waals surface area contributed by atoms with Crippen LogP contribution in [0, 0.1) is 0 Å². The Balaban J connectivity index is 1.83. The molecule has 1 heterocycles. The summed E-state index contributed by atoms with van der Waals surface area (Å²) in [6.07, 6.45) is 0. The molecule has 0 unspecified atom stereocenters. The Morgan fingerprint density at radius 2 is 1.64 bits per heavy atom. The molecule has 0 aliphatic carbocycles. The first-order valence-electron chi connectivity index (χ1n) is 11.3. The standard InChI is InChI=1S/C29H26N2O2/c1-3-33-29(32)28-25-17-16-21(24-15-9-11-20-10-7-8-14-23(20)24)18-26(25)31(27(28)19-30-2)22-12-5-4-6-13-22/h4-18,30H,3,19H2,1-2H3. The maximum Gasteiger partial charge on any atom is 0.340 e. The van der Waals surface area contributed by atoms with Crippen molar-refractivity contribution in [2.24, 2.45) is 0 Å². The number of carbonyl (C=O) groups excluding carboxylic acids is 1. The lowest BCUT2D eigenvalue weighted by atomic mass is 9.97. The van der Waals surface area contributed by atoms with Crippen molar-refractivity contribution in [1.82, 2.24) is 9.88 Å². The molecule has 0 saturated carbocycles. The molecule has 0 radical (unpaired) electrons. The Morgan fingerprint density at radius 1 is 0.879 bits per heavy atom. The van der Waals surface area contributed by atoms with Crippen LogP contribution in [0.2, 0.25) is 0 Å². The van der Waals surface area contributed by atoms with Crippen LogP contribution in [0.3, 0.4) is 0 Å². The molecule has 1 aromatic heterocycles. The van der Waals surface area contributed by atoms with Gasteiger partial charge < -0.3 is 14.6 Å². The number of benzene rings is 4. The van der Waals surface area contributed by atoms with Gasteiger partial charge in [0.15, 0.2) is 0 Å². The van der Waals surface area contributed by atoms with E-state index in [9.17, 15) is 4.79 Å². The fourth-order valence-corrected chi connectivity index (χ4v) is 4.62. The van der Waals surface area contributed by atoms with E-state index in [4.69, 9.17) is 4.74 Å². The summed E-state index contributed by atoms with van der Waals surface area (Å²) in [6.45, 7) is 2.72. The molecule has 0 spiro atoms. The van der Waals surface area contributed by atoms with E-state index in [-0.39, 0.29) is 5.97 Å². The van der Waals surface area contributed by atoms with Crippen LogP contribution in [-0.4, -0.2) is 24.2 Å². The number of hydrogen-bond acceptors (Lipinski definition) is 3. The van der Waals surface area contributed by atoms with Gasteiger partial charge in [0, 0.05) is 17.6 Å². The van der Waals surface area contributed by atoms with Gasteiger partial charge in [-0.3, -0.25) is 0 Å². The summed E-state index contributed by atoms with van der Waals surface area (Å²) in [5.74, 6) is -0.291. The normalized spacial score (nSPS) is 11.2. The van der Waals surface area contributed by atoms with Gasteiger partial charge in [0.2, 0.25) is 0 Å². The van der Waals surface area contributed by atoms with Crippen LogP contribution >= 0.6 is 0 Å². The summed E-state index contributed by atoms with van der Waals surface area (Å²) in [7, 11) is 1.89. The highest BCUT2D eigenvalue weighted by molar-refractivity contribution is 6.08. The third kappa shape index (κ3) is 3.69. The van der Waals surface area contributed by atoms with E-state index in [1.54, 1.807) is 0 Å². The fourth-order valence-electron chi connectivity index (χ4n) is 4.62. The van der Waals surface area contributed by atoms with E-state index >= 15 is 0 Å². The van der Waals surface area contributed by atoms with E-state index < -0.39 is 0 Å². The third-order valence-corrected chi connectivity index (χ3v) is 6.01. The summed E-state index contributed by atoms with van der Waals surface area (Å²) < 4.78 is 7.64. The number of esters is 1. The van der Waals surface area contributed by atoms with E-state index in [1.165, 1.54) is 16.3 Å². The molecule has 5 rings (SSSR count). The lowest BCUT2D eigenvalue weighted by molar-refractivity contribution is 0.0527. The van der Waals surface area contributed by atoms with E-state index in [2.05, 4.69) is 82.7 Å². The second-order valence-electron chi connectivity index (χ2n) is 8.00. The van der Waals surface area contributed by atoms with Gasteiger partial charge in [-0.15, -0.1) is 0 Å². The van der Waals surface area contributed by atoms with Crippen molar-refractivity contribution in [3.05, 3.63) is 102 Å². The first kappa shape index (κ1) is 21.0. The molecule has 4 heteroatoms. The van der Waals surface area contributed by atoms with Gasteiger partial charge in [0.05, 0.1) is 23.4 Å². The van der Waals surface area contributed by atoms with Crippen LogP contribution in [-0.2, 0) is 11.3 Å². The molecule has 0 fully saturated rings. The molecule has 4 aromatic carbocycles. The van der Waals surface area contributed by atoms with Gasteiger partial charge in [0.25, 0.3) is 0 Å². The molecule has 164 valence electrons. The van der Waals surface area contributed by atoms with E-state index in [0.29, 0.717) is 18.7 Å². The van der Waals surface area contributed by atoms with Gasteiger partial charge in [-0.25, -0.2) is 4.79 Å². The Hall–Kier alpha value is -3.89. The SMILES string of the molecule is CCOC(=O)c1c(CNC)n(-c2ccccc2)c2cc(-c3cccc4ccccc34)ccc12. The van der Waals surface area contributed by atoms with Gasteiger partial charge in [-0.2, -0.15) is 0 Å². The number of hydrogen-bond donors (Lipinski definition) is 1. The average Bonchev–Trinajstić information content (AvgIpc) is 3.17. The highest BCUT2D eigenvalue weighted by Gasteiger charge is 2.24. The smallest absolute Gasteiger partial charge is 0.340 e. The molecular weight excluding hydrogens is 408 g/mol. The van der Waals surface area contributed by atoms with Gasteiger partial charge in [0.1, 0.15) is 0 Å². The Bertz CT molecular complexity index is 1450. The second-order valence-corrected chi connectivity index (χ2v) is 8.00. The highest BCUT2D eigenvalue weighted by Crippen LogP contribution is 2.35. The van der Waals surface area contributed by atoms with Crippen molar-refractivity contribution >= 4 is 27.6 Å². The van der Waals surface area contributed by atoms with Gasteiger partial charge in [-0.1, -0.05) is 72.8 Å². The Labute approximate surface area is 193 Å². The predicted octanol–water partition coefficient (Wildman–Crippen LogP) is 6.35. The number of para-hydroxylation sites is 1. The number of nitrogens with zero attached hydrogens (tertiary/aromatic N) is 1. The summed E-state index contributed by atoms with van der Waals surface area (Å²) in [4.78, 5) is 13.1. The number of carbonyl (C=O) groups is 1. The molecule has 0 bridgehead atoms. The first-order valence-corrected chi connectivity index (χ1v) is 11.3. The van der Waals surface area contributed by atoms with Crippen molar-refractivity contribution in [2.45, 2.75) is 13.5 Å². The highest BCUT2D eigenvalue weighted by atomic mass is 16.5. The van der Waals surface area contributed by atoms with Gasteiger partial charge in [-0.05, 0) is 54.1 Å². The molecule has 0 saturated heterocycles. The summed E-state index contributed by atoms with van der Waals surface area (Å²) in [6, 6.07) is 31.3. The number of nitrogens with one attached hydrogen (secondary N) is 1. The fraction of sp³-hybridized carbons (Fsp3) is 0.138. The summed E-state index contributed by atoms with van der Waals surface area (Å²) in [5.41, 5.74) is 5.80. The Kier molecular flexibility index (Phi) is 5.68. The number of rotatable bonds is 6. The van der Waals surface area contributed by atoms with Crippen LogP contribution in [0.4, 0.5) is 0 Å². The predicted molar refractivity (Wildman–Crippen MR) is 135 cm³/mol. The zero-order chi connectivity index (χ0) is 22.8. The monoisotopic (exact) mass is 434 g/mol. The number of aromatic nitrogens is 1. The molecule has 0 amide bonds. The van der Waals surface area contributed by atoms with Crippen LogP contribution in [0.25, 0.3) is 38.5 Å². The molecular formula is C29H26N2O2. The zero-order valence-electron chi connectivity index (χ0n) is 18.8. The van der Waals surface area contributed by atoms with Crippen molar-refractivity contribution in [3.63, 3.8) is 0 Å². The van der Waals surface area contributed by atoms with Crippen molar-refractivity contribution in [1.29, 1.82) is 0 Å². The lowest BCUT2D eigenvalue weighted by Gasteiger charge is -2.13. The lowest BCUT2D eigenvalue weighted by Crippen LogP contribution is -2.15. The molecule has 4 nitrogen and oxygen atoms in total. The van der Waals surface area contributed by atoms with E-state index in [1.807, 2.05) is 32.2 Å². The van der Waals surface area contributed by atoms with Crippen LogP contribution in [0.15, 0.2) is 91.0 Å². The molecule has 33 heavy (non-hydrogen) atoms. The van der Waals surface area contributed by atoms with Crippen LogP contribution in [0.5, 0.6) is 0 Å². The van der Waals surface area contributed by atoms with Crippen LogP contribution < -0.4 is 5.32 Å². The van der Waals surface area contributed by atoms with Gasteiger partial charge >= 0.3 is 5.97 Å². The first-order chi connectivity index (χ1) is 16.2. The number of ether oxygens (including phenoxy) is 1. The zero-order valence-corrected chi connectivity index (χ0v) is 18.8. The minimum absolute atomic E-state index is 0.291. The van der Waals surface area contributed by atoms with E-state index in [0.717, 1.165) is 27.8 Å². The minimum Gasteiger partial charge on any atom is -0.462 e. The van der Waals surface area contributed by atoms with Crippen molar-refractivity contribution in [2.75, 3.05) is 13.7 Å². The minimum atomic E-state index is -0.291. The molecule has 1 N–H and O–H groups in total. The summed E-state index contributed by atoms with van der Waals surface area (Å²) in [5, 5.41) is 6.54. The van der Waals surface area contributed by atoms with Crippen LogP contribution in [0.1, 0.15) is 23.0 Å². The summed E-state index contributed by atoms with van der Waals surface area (Å²) >= 11 is 0. The quantitative estimate of drug-likeness (QED) is 0.317. The number of fused-ring (bicyclic) bond motifs is 2. The topological polar surface area (TPSA) is 43.3 Å². The maximum atomic E-state index is 13.1. The third-order valence-electron chi connectivity index (χ3n) is 6.01. The molecule has 0 aliphatic rings. The maximum absolute atomic E-state index is 13.1. The largest absolute Gasteiger partial charge is 0.462 e. The molecule has 5 aromatic rings. The van der Waals surface area contributed by atoms with Crippen molar-refractivity contribution < 1.29 is 9.53 Å².